The molecule has 2 N–H and O–H groups in total. The van der Waals surface area contributed by atoms with E-state index >= 15 is 0 Å². The molecule has 0 aliphatic heterocycles. The first-order chi connectivity index (χ1) is 14.1. The van der Waals surface area contributed by atoms with Crippen molar-refractivity contribution in [3.63, 3.8) is 0 Å². The Kier molecular flexibility index (Phi) is 4.73. The number of carboxylic acids is 1. The number of rotatable bonds is 7. The van der Waals surface area contributed by atoms with Gasteiger partial charge in [-0.15, -0.1) is 0 Å². The Morgan fingerprint density at radius 3 is 2.30 bits per heavy atom. The summed E-state index contributed by atoms with van der Waals surface area (Å²) in [6, 6.07) is 6.60. The molecule has 5 aliphatic carbocycles. The lowest BCUT2D eigenvalue weighted by Gasteiger charge is -2.58. The first kappa shape index (κ1) is 20.6. The quantitative estimate of drug-likeness (QED) is 0.599. The molecular formula is C22H26BrNO5S. The van der Waals surface area contributed by atoms with E-state index in [1.54, 1.807) is 18.2 Å². The molecule has 2 unspecified atom stereocenters. The zero-order valence-corrected chi connectivity index (χ0v) is 19.0. The summed E-state index contributed by atoms with van der Waals surface area (Å²) in [5.41, 5.74) is -1.58. The molecule has 0 amide bonds. The predicted molar refractivity (Wildman–Crippen MR) is 113 cm³/mol. The van der Waals surface area contributed by atoms with E-state index in [-0.39, 0.29) is 28.4 Å². The normalized spacial score (nSPS) is 35.9. The highest BCUT2D eigenvalue weighted by atomic mass is 79.9. The summed E-state index contributed by atoms with van der Waals surface area (Å²) < 4.78 is 29.0. The van der Waals surface area contributed by atoms with Crippen LogP contribution in [0.1, 0.15) is 51.4 Å². The van der Waals surface area contributed by atoms with Crippen molar-refractivity contribution in [2.75, 3.05) is 0 Å². The molecule has 2 atom stereocenters. The first-order valence-electron chi connectivity index (χ1n) is 10.7. The largest absolute Gasteiger partial charge is 0.481 e. The lowest BCUT2D eigenvalue weighted by molar-refractivity contribution is -0.171. The van der Waals surface area contributed by atoms with Gasteiger partial charge in [0.15, 0.2) is 5.78 Å². The summed E-state index contributed by atoms with van der Waals surface area (Å²) in [4.78, 5) is 25.3. The fourth-order valence-corrected chi connectivity index (χ4v) is 9.12. The minimum atomic E-state index is -3.81. The molecule has 0 spiro atoms. The van der Waals surface area contributed by atoms with E-state index in [2.05, 4.69) is 20.7 Å². The van der Waals surface area contributed by atoms with Crippen LogP contribution in [-0.2, 0) is 19.6 Å². The average molecular weight is 496 g/mol. The Bertz CT molecular complexity index is 1000. The highest BCUT2D eigenvalue weighted by molar-refractivity contribution is 9.10. The van der Waals surface area contributed by atoms with Gasteiger partial charge in [-0.2, -0.15) is 4.72 Å². The number of nitrogens with one attached hydrogen (secondary N) is 1. The van der Waals surface area contributed by atoms with E-state index < -0.39 is 26.9 Å². The minimum absolute atomic E-state index is 0.0278. The van der Waals surface area contributed by atoms with E-state index in [0.29, 0.717) is 42.5 Å². The van der Waals surface area contributed by atoms with Gasteiger partial charge in [-0.3, -0.25) is 9.59 Å². The zero-order valence-electron chi connectivity index (χ0n) is 16.6. The highest BCUT2D eigenvalue weighted by Crippen LogP contribution is 2.63. The van der Waals surface area contributed by atoms with Crippen molar-refractivity contribution >= 4 is 37.7 Å². The van der Waals surface area contributed by atoms with Gasteiger partial charge in [0.05, 0.1) is 15.8 Å². The van der Waals surface area contributed by atoms with Crippen LogP contribution in [0, 0.1) is 29.1 Å². The van der Waals surface area contributed by atoms with Crippen LogP contribution in [-0.4, -0.2) is 30.8 Å². The van der Waals surface area contributed by atoms with Crippen LogP contribution in [0.2, 0.25) is 0 Å². The SMILES string of the molecule is O=C(O)C12CC3CC(C1)C(CC(=O)C1(NS(=O)(=O)c4ccccc4Br)CC1)C(C3)C2. The second-order valence-electron chi connectivity index (χ2n) is 9.96. The molecule has 5 aliphatic rings. The number of aliphatic carboxylic acids is 1. The molecule has 30 heavy (non-hydrogen) atoms. The number of ketones is 1. The molecule has 5 saturated carbocycles. The van der Waals surface area contributed by atoms with E-state index in [1.807, 2.05) is 0 Å². The first-order valence-corrected chi connectivity index (χ1v) is 13.0. The fraction of sp³-hybridized carbons (Fsp3) is 0.636. The molecule has 0 radical (unpaired) electrons. The second-order valence-corrected chi connectivity index (χ2v) is 12.5. The number of sulfonamides is 1. The Morgan fingerprint density at radius 2 is 1.73 bits per heavy atom. The summed E-state index contributed by atoms with van der Waals surface area (Å²) in [7, 11) is -3.81. The Balaban J connectivity index is 1.32. The van der Waals surface area contributed by atoms with E-state index in [4.69, 9.17) is 0 Å². The fourth-order valence-electron chi connectivity index (χ4n) is 6.67. The number of carbonyl (C=O) groups is 2. The van der Waals surface area contributed by atoms with Crippen molar-refractivity contribution < 1.29 is 23.1 Å². The molecule has 0 aromatic heterocycles. The average Bonchev–Trinajstić information content (AvgIpc) is 3.44. The van der Waals surface area contributed by atoms with Gasteiger partial charge in [-0.25, -0.2) is 8.42 Å². The summed E-state index contributed by atoms with van der Waals surface area (Å²) in [6.07, 6.45) is 5.56. The molecule has 6 nitrogen and oxygen atoms in total. The summed E-state index contributed by atoms with van der Waals surface area (Å²) >= 11 is 3.28. The molecule has 8 heteroatoms. The predicted octanol–water partition coefficient (Wildman–Crippen LogP) is 3.75. The van der Waals surface area contributed by atoms with Gasteiger partial charge in [-0.05, 0) is 96.7 Å². The van der Waals surface area contributed by atoms with Gasteiger partial charge in [-0.1, -0.05) is 12.1 Å². The summed E-state index contributed by atoms with van der Waals surface area (Å²) in [6.45, 7) is 0. The Labute approximate surface area is 185 Å². The highest BCUT2D eigenvalue weighted by Gasteiger charge is 2.60. The monoisotopic (exact) mass is 495 g/mol. The molecule has 162 valence electrons. The number of Topliss-reactive ketones (excluding diaryl/α,β-unsaturated/α-hetero) is 1. The second kappa shape index (κ2) is 6.87. The smallest absolute Gasteiger partial charge is 0.309 e. The van der Waals surface area contributed by atoms with Gasteiger partial charge in [0.25, 0.3) is 0 Å². The van der Waals surface area contributed by atoms with Gasteiger partial charge < -0.3 is 5.11 Å². The molecule has 1 aromatic rings. The van der Waals surface area contributed by atoms with Crippen LogP contribution in [0.15, 0.2) is 33.6 Å². The molecule has 1 aromatic carbocycles. The maximum atomic E-state index is 13.3. The van der Waals surface area contributed by atoms with E-state index in [9.17, 15) is 23.1 Å². The molecule has 4 bridgehead atoms. The number of hydrogen-bond donors (Lipinski definition) is 2. The van der Waals surface area contributed by atoms with Gasteiger partial charge in [0.2, 0.25) is 10.0 Å². The van der Waals surface area contributed by atoms with Gasteiger partial charge in [0.1, 0.15) is 0 Å². The maximum Gasteiger partial charge on any atom is 0.309 e. The standard InChI is InChI=1S/C22H26BrNO5S/c23-17-3-1-2-4-18(17)30(28,29)24-22(5-6-22)19(25)9-16-14-7-13-8-15(16)12-21(10-13,11-14)20(26)27/h1-4,13-16,24H,5-12H2,(H,26,27). The third kappa shape index (κ3) is 3.26. The van der Waals surface area contributed by atoms with Crippen molar-refractivity contribution in [1.82, 2.24) is 4.72 Å². The number of hydrogen-bond acceptors (Lipinski definition) is 4. The van der Waals surface area contributed by atoms with E-state index in [1.165, 1.54) is 6.07 Å². The third-order valence-corrected chi connectivity index (χ3v) is 10.6. The maximum absolute atomic E-state index is 13.3. The van der Waals surface area contributed by atoms with Crippen molar-refractivity contribution in [3.8, 4) is 0 Å². The van der Waals surface area contributed by atoms with Crippen LogP contribution < -0.4 is 4.72 Å². The summed E-state index contributed by atoms with van der Waals surface area (Å²) in [5, 5.41) is 9.80. The molecule has 6 rings (SSSR count). The van der Waals surface area contributed by atoms with Crippen molar-refractivity contribution in [1.29, 1.82) is 0 Å². The van der Waals surface area contributed by atoms with Crippen LogP contribution in [0.4, 0.5) is 0 Å². The van der Waals surface area contributed by atoms with Crippen LogP contribution in [0.5, 0.6) is 0 Å². The van der Waals surface area contributed by atoms with E-state index in [0.717, 1.165) is 19.3 Å². The van der Waals surface area contributed by atoms with Crippen LogP contribution in [0.25, 0.3) is 0 Å². The molecule has 5 fully saturated rings. The van der Waals surface area contributed by atoms with Gasteiger partial charge >= 0.3 is 5.97 Å². The minimum Gasteiger partial charge on any atom is -0.481 e. The van der Waals surface area contributed by atoms with Gasteiger partial charge in [0, 0.05) is 10.9 Å². The number of carbonyl (C=O) groups excluding carboxylic acids is 1. The Morgan fingerprint density at radius 1 is 1.10 bits per heavy atom. The molecule has 0 heterocycles. The number of benzene rings is 1. The molecule has 0 saturated heterocycles. The van der Waals surface area contributed by atoms with Crippen molar-refractivity contribution in [2.24, 2.45) is 29.1 Å². The lowest BCUT2D eigenvalue weighted by atomic mass is 9.45. The third-order valence-electron chi connectivity index (χ3n) is 8.08. The van der Waals surface area contributed by atoms with Crippen molar-refractivity contribution in [3.05, 3.63) is 28.7 Å². The Hall–Kier alpha value is -1.25. The lowest BCUT2D eigenvalue weighted by Crippen LogP contribution is -2.55. The number of carboxylic acid groups (broad SMARTS) is 1. The van der Waals surface area contributed by atoms with Crippen LogP contribution >= 0.6 is 15.9 Å². The topological polar surface area (TPSA) is 101 Å². The summed E-state index contributed by atoms with van der Waals surface area (Å²) in [5.74, 6) is 0.492. The number of halogens is 1. The molecular weight excluding hydrogens is 470 g/mol. The van der Waals surface area contributed by atoms with Crippen molar-refractivity contribution in [2.45, 2.75) is 61.8 Å². The van der Waals surface area contributed by atoms with Crippen LogP contribution in [0.3, 0.4) is 0 Å². The zero-order chi connectivity index (χ0) is 21.3.